The standard InChI is InChI=1S/C12H16N2O3/c1-9(2)5-6-13-11-7-10(8-15)3-4-12(11)14(16)17/h3-4,7-9,13H,5-6H2,1-2H3. The van der Waals surface area contributed by atoms with Crippen LogP contribution in [0.5, 0.6) is 0 Å². The van der Waals surface area contributed by atoms with Gasteiger partial charge in [-0.15, -0.1) is 0 Å². The summed E-state index contributed by atoms with van der Waals surface area (Å²) in [6.07, 6.45) is 1.60. The van der Waals surface area contributed by atoms with E-state index in [-0.39, 0.29) is 5.69 Å². The minimum absolute atomic E-state index is 0.000596. The number of aldehydes is 1. The zero-order valence-corrected chi connectivity index (χ0v) is 9.97. The molecule has 0 unspecified atom stereocenters. The Labute approximate surface area is 100.0 Å². The van der Waals surface area contributed by atoms with Gasteiger partial charge < -0.3 is 5.32 Å². The molecule has 5 heteroatoms. The number of benzene rings is 1. The summed E-state index contributed by atoms with van der Waals surface area (Å²) in [6, 6.07) is 4.30. The number of hydrogen-bond donors (Lipinski definition) is 1. The molecule has 92 valence electrons. The van der Waals surface area contributed by atoms with Gasteiger partial charge in [-0.05, 0) is 24.5 Å². The van der Waals surface area contributed by atoms with Crippen molar-refractivity contribution in [3.05, 3.63) is 33.9 Å². The molecule has 0 aromatic heterocycles. The van der Waals surface area contributed by atoms with Crippen molar-refractivity contribution in [2.24, 2.45) is 5.92 Å². The van der Waals surface area contributed by atoms with Crippen molar-refractivity contribution in [1.29, 1.82) is 0 Å². The highest BCUT2D eigenvalue weighted by Crippen LogP contribution is 2.25. The van der Waals surface area contributed by atoms with E-state index in [1.165, 1.54) is 18.2 Å². The third-order valence-electron chi connectivity index (χ3n) is 2.39. The summed E-state index contributed by atoms with van der Waals surface area (Å²) < 4.78 is 0. The number of carbonyl (C=O) groups excluding carboxylic acids is 1. The van der Waals surface area contributed by atoms with Gasteiger partial charge in [-0.1, -0.05) is 13.8 Å². The lowest BCUT2D eigenvalue weighted by molar-refractivity contribution is -0.384. The fraction of sp³-hybridized carbons (Fsp3) is 0.417. The number of anilines is 1. The van der Waals surface area contributed by atoms with E-state index in [1.54, 1.807) is 0 Å². The quantitative estimate of drug-likeness (QED) is 0.468. The summed E-state index contributed by atoms with van der Waals surface area (Å²) in [5.74, 6) is 0.524. The van der Waals surface area contributed by atoms with Crippen LogP contribution < -0.4 is 5.32 Å². The van der Waals surface area contributed by atoms with Crippen molar-refractivity contribution < 1.29 is 9.72 Å². The van der Waals surface area contributed by atoms with Crippen molar-refractivity contribution in [3.8, 4) is 0 Å². The summed E-state index contributed by atoms with van der Waals surface area (Å²) in [6.45, 7) is 4.82. The predicted molar refractivity (Wildman–Crippen MR) is 66.4 cm³/mol. The number of nitro groups is 1. The van der Waals surface area contributed by atoms with Crippen LogP contribution in [-0.2, 0) is 0 Å². The zero-order chi connectivity index (χ0) is 12.8. The van der Waals surface area contributed by atoms with Gasteiger partial charge >= 0.3 is 0 Å². The number of carbonyl (C=O) groups is 1. The first kappa shape index (κ1) is 13.2. The molecule has 0 aliphatic heterocycles. The number of nitrogens with one attached hydrogen (secondary N) is 1. The molecule has 0 bridgehead atoms. The molecule has 0 fully saturated rings. The van der Waals surface area contributed by atoms with E-state index >= 15 is 0 Å². The Morgan fingerprint density at radius 3 is 2.71 bits per heavy atom. The van der Waals surface area contributed by atoms with E-state index in [0.717, 1.165) is 6.42 Å². The lowest BCUT2D eigenvalue weighted by Gasteiger charge is -2.09. The van der Waals surface area contributed by atoms with Gasteiger partial charge in [0.15, 0.2) is 0 Å². The molecule has 17 heavy (non-hydrogen) atoms. The Bertz CT molecular complexity index is 416. The molecule has 0 saturated carbocycles. The van der Waals surface area contributed by atoms with E-state index in [9.17, 15) is 14.9 Å². The number of rotatable bonds is 6. The SMILES string of the molecule is CC(C)CCNc1cc(C=O)ccc1[N+](=O)[O-]. The van der Waals surface area contributed by atoms with Gasteiger partial charge in [0.25, 0.3) is 5.69 Å². The van der Waals surface area contributed by atoms with Crippen LogP contribution >= 0.6 is 0 Å². The molecule has 0 aliphatic rings. The molecule has 0 radical (unpaired) electrons. The van der Waals surface area contributed by atoms with Gasteiger partial charge in [0.2, 0.25) is 0 Å². The molecule has 1 aromatic carbocycles. The Kier molecular flexibility index (Phi) is 4.63. The molecular formula is C12H16N2O3. The highest BCUT2D eigenvalue weighted by Gasteiger charge is 2.13. The van der Waals surface area contributed by atoms with Crippen molar-refractivity contribution >= 4 is 17.7 Å². The number of hydrogen-bond acceptors (Lipinski definition) is 4. The van der Waals surface area contributed by atoms with Crippen LogP contribution in [-0.4, -0.2) is 17.8 Å². The first-order valence-electron chi connectivity index (χ1n) is 5.52. The average molecular weight is 236 g/mol. The lowest BCUT2D eigenvalue weighted by Crippen LogP contribution is -2.07. The minimum atomic E-state index is -0.452. The largest absolute Gasteiger partial charge is 0.379 e. The summed E-state index contributed by atoms with van der Waals surface area (Å²) in [4.78, 5) is 21.0. The van der Waals surface area contributed by atoms with Crippen molar-refractivity contribution in [3.63, 3.8) is 0 Å². The van der Waals surface area contributed by atoms with Crippen LogP contribution in [0.15, 0.2) is 18.2 Å². The van der Waals surface area contributed by atoms with E-state index in [1.807, 2.05) is 0 Å². The van der Waals surface area contributed by atoms with Gasteiger partial charge in [0.05, 0.1) is 4.92 Å². The van der Waals surface area contributed by atoms with Crippen molar-refractivity contribution in [2.75, 3.05) is 11.9 Å². The molecule has 0 spiro atoms. The van der Waals surface area contributed by atoms with Crippen LogP contribution in [0.1, 0.15) is 30.6 Å². The maximum absolute atomic E-state index is 10.8. The number of nitrogens with zero attached hydrogens (tertiary/aromatic N) is 1. The minimum Gasteiger partial charge on any atom is -0.379 e. The highest BCUT2D eigenvalue weighted by atomic mass is 16.6. The zero-order valence-electron chi connectivity index (χ0n) is 9.97. The smallest absolute Gasteiger partial charge is 0.292 e. The van der Waals surface area contributed by atoms with Crippen LogP contribution in [0.2, 0.25) is 0 Å². The summed E-state index contributed by atoms with van der Waals surface area (Å²) in [7, 11) is 0. The average Bonchev–Trinajstić information content (AvgIpc) is 2.28. The van der Waals surface area contributed by atoms with E-state index in [0.29, 0.717) is 30.0 Å². The molecular weight excluding hydrogens is 220 g/mol. The van der Waals surface area contributed by atoms with Crippen LogP contribution in [0.4, 0.5) is 11.4 Å². The maximum atomic E-state index is 10.8. The predicted octanol–water partition coefficient (Wildman–Crippen LogP) is 2.87. The second-order valence-electron chi connectivity index (χ2n) is 4.26. The molecule has 5 nitrogen and oxygen atoms in total. The second-order valence-corrected chi connectivity index (χ2v) is 4.26. The van der Waals surface area contributed by atoms with Gasteiger partial charge in [-0.2, -0.15) is 0 Å². The molecule has 0 amide bonds. The Morgan fingerprint density at radius 2 is 2.18 bits per heavy atom. The third-order valence-corrected chi connectivity index (χ3v) is 2.39. The monoisotopic (exact) mass is 236 g/mol. The van der Waals surface area contributed by atoms with Crippen LogP contribution in [0, 0.1) is 16.0 Å². The molecule has 0 atom stereocenters. The molecule has 1 aromatic rings. The Hall–Kier alpha value is -1.91. The van der Waals surface area contributed by atoms with E-state index in [2.05, 4.69) is 19.2 Å². The van der Waals surface area contributed by atoms with Crippen molar-refractivity contribution in [2.45, 2.75) is 20.3 Å². The maximum Gasteiger partial charge on any atom is 0.292 e. The summed E-state index contributed by atoms with van der Waals surface area (Å²) >= 11 is 0. The summed E-state index contributed by atoms with van der Waals surface area (Å²) in [5.41, 5.74) is 0.835. The van der Waals surface area contributed by atoms with E-state index in [4.69, 9.17) is 0 Å². The van der Waals surface area contributed by atoms with Gasteiger partial charge in [0, 0.05) is 18.2 Å². The number of nitro benzene ring substituents is 1. The van der Waals surface area contributed by atoms with E-state index < -0.39 is 4.92 Å². The normalized spacial score (nSPS) is 10.3. The van der Waals surface area contributed by atoms with Crippen LogP contribution in [0.25, 0.3) is 0 Å². The van der Waals surface area contributed by atoms with Crippen molar-refractivity contribution in [1.82, 2.24) is 0 Å². The lowest BCUT2D eigenvalue weighted by atomic mass is 10.1. The topological polar surface area (TPSA) is 72.2 Å². The van der Waals surface area contributed by atoms with Gasteiger partial charge in [-0.25, -0.2) is 0 Å². The Morgan fingerprint density at radius 1 is 1.47 bits per heavy atom. The van der Waals surface area contributed by atoms with Gasteiger partial charge in [0.1, 0.15) is 12.0 Å². The third kappa shape index (κ3) is 3.86. The molecule has 0 saturated heterocycles. The first-order chi connectivity index (χ1) is 8.04. The molecule has 1 rings (SSSR count). The highest BCUT2D eigenvalue weighted by molar-refractivity contribution is 5.79. The first-order valence-corrected chi connectivity index (χ1v) is 5.52. The molecule has 0 aliphatic carbocycles. The van der Waals surface area contributed by atoms with Crippen LogP contribution in [0.3, 0.4) is 0 Å². The summed E-state index contributed by atoms with van der Waals surface area (Å²) in [5, 5.41) is 13.8. The Balaban J connectivity index is 2.85. The second kappa shape index (κ2) is 5.98. The fourth-order valence-electron chi connectivity index (χ4n) is 1.42. The fourth-order valence-corrected chi connectivity index (χ4v) is 1.42. The molecule has 0 heterocycles. The van der Waals surface area contributed by atoms with Gasteiger partial charge in [-0.3, -0.25) is 14.9 Å². The molecule has 1 N–H and O–H groups in total.